The molecule has 0 aliphatic rings. The topological polar surface area (TPSA) is 72.5 Å². The van der Waals surface area contributed by atoms with E-state index in [9.17, 15) is 4.79 Å². The molecule has 7 heteroatoms. The maximum atomic E-state index is 11.9. The predicted molar refractivity (Wildman–Crippen MR) is 152 cm³/mol. The summed E-state index contributed by atoms with van der Waals surface area (Å²) in [5.74, 6) is 1.43. The Morgan fingerprint density at radius 2 is 1.25 bits per heavy atom. The Labute approximate surface area is 235 Å². The number of benzene rings is 4. The maximum absolute atomic E-state index is 11.9. The van der Waals surface area contributed by atoms with Gasteiger partial charge in [-0.1, -0.05) is 60.7 Å². The molecular formula is C33H34O7. The van der Waals surface area contributed by atoms with Crippen LogP contribution in [-0.2, 0) is 27.4 Å². The Morgan fingerprint density at radius 3 is 1.80 bits per heavy atom. The SMILES string of the molecule is CCOC(OCC)c1cc(OCc2ccccc2)c(OCc2ccccc2)c(Oc2ccc(C(=O)OC)cc2)c1. The number of rotatable bonds is 14. The van der Waals surface area contributed by atoms with Crippen molar-refractivity contribution < 1.29 is 33.2 Å². The molecular weight excluding hydrogens is 508 g/mol. The molecule has 0 spiro atoms. The van der Waals surface area contributed by atoms with Crippen LogP contribution in [0.25, 0.3) is 0 Å². The molecule has 4 rings (SSSR count). The van der Waals surface area contributed by atoms with Crippen LogP contribution < -0.4 is 14.2 Å². The van der Waals surface area contributed by atoms with Crippen molar-refractivity contribution in [2.75, 3.05) is 20.3 Å². The summed E-state index contributed by atoms with van der Waals surface area (Å²) in [7, 11) is 1.35. The number of ether oxygens (including phenoxy) is 6. The molecule has 0 aromatic heterocycles. The van der Waals surface area contributed by atoms with E-state index in [1.54, 1.807) is 24.3 Å². The standard InChI is InChI=1S/C33H34O7/c1-4-36-33(37-5-2)27-20-29(38-22-24-12-8-6-9-13-24)31(39-23-25-14-10-7-11-15-25)30(21-27)40-28-18-16-26(17-19-28)32(34)35-3/h6-21,33H,4-5,22-23H2,1-3H3. The highest BCUT2D eigenvalue weighted by atomic mass is 16.7. The molecule has 4 aromatic rings. The van der Waals surface area contributed by atoms with Gasteiger partial charge in [0.15, 0.2) is 17.8 Å². The minimum Gasteiger partial charge on any atom is -0.485 e. The molecule has 0 aliphatic carbocycles. The van der Waals surface area contributed by atoms with Crippen molar-refractivity contribution in [2.45, 2.75) is 33.4 Å². The number of carbonyl (C=O) groups is 1. The first-order valence-electron chi connectivity index (χ1n) is 13.2. The van der Waals surface area contributed by atoms with Crippen LogP contribution in [0, 0.1) is 0 Å². The predicted octanol–water partition coefficient (Wildman–Crippen LogP) is 7.50. The van der Waals surface area contributed by atoms with E-state index in [1.165, 1.54) is 7.11 Å². The Hall–Kier alpha value is -4.33. The minimum absolute atomic E-state index is 0.305. The van der Waals surface area contributed by atoms with Crippen molar-refractivity contribution in [3.63, 3.8) is 0 Å². The van der Waals surface area contributed by atoms with Gasteiger partial charge >= 0.3 is 5.97 Å². The summed E-state index contributed by atoms with van der Waals surface area (Å²) < 4.78 is 35.6. The third kappa shape index (κ3) is 7.85. The molecule has 0 radical (unpaired) electrons. The lowest BCUT2D eigenvalue weighted by molar-refractivity contribution is -0.140. The third-order valence-corrected chi connectivity index (χ3v) is 5.92. The molecule has 0 bridgehead atoms. The first kappa shape index (κ1) is 28.7. The van der Waals surface area contributed by atoms with Crippen LogP contribution in [0.5, 0.6) is 23.0 Å². The minimum atomic E-state index is -0.624. The summed E-state index contributed by atoms with van der Waals surface area (Å²) in [5.41, 5.74) is 3.15. The van der Waals surface area contributed by atoms with Crippen LogP contribution in [0.4, 0.5) is 0 Å². The Kier molecular flexibility index (Phi) is 10.6. The van der Waals surface area contributed by atoms with Gasteiger partial charge < -0.3 is 28.4 Å². The normalized spacial score (nSPS) is 10.8. The van der Waals surface area contributed by atoms with E-state index in [1.807, 2.05) is 86.6 Å². The summed E-state index contributed by atoms with van der Waals surface area (Å²) in [6.07, 6.45) is -0.624. The molecule has 0 aliphatic heterocycles. The number of hydrogen-bond donors (Lipinski definition) is 0. The quantitative estimate of drug-likeness (QED) is 0.121. The van der Waals surface area contributed by atoms with Gasteiger partial charge in [-0.05, 0) is 61.4 Å². The zero-order valence-corrected chi connectivity index (χ0v) is 23.0. The molecule has 4 aromatic carbocycles. The lowest BCUT2D eigenvalue weighted by Gasteiger charge is -2.22. The fraction of sp³-hybridized carbons (Fsp3) is 0.242. The zero-order valence-electron chi connectivity index (χ0n) is 23.0. The Bertz CT molecular complexity index is 1330. The molecule has 40 heavy (non-hydrogen) atoms. The highest BCUT2D eigenvalue weighted by Crippen LogP contribution is 2.44. The van der Waals surface area contributed by atoms with E-state index < -0.39 is 12.3 Å². The van der Waals surface area contributed by atoms with Gasteiger partial charge in [-0.25, -0.2) is 4.79 Å². The first-order chi connectivity index (χ1) is 19.6. The second-order valence-corrected chi connectivity index (χ2v) is 8.76. The first-order valence-corrected chi connectivity index (χ1v) is 13.2. The fourth-order valence-electron chi connectivity index (χ4n) is 3.97. The number of methoxy groups -OCH3 is 1. The van der Waals surface area contributed by atoms with Crippen molar-refractivity contribution >= 4 is 5.97 Å². The van der Waals surface area contributed by atoms with Crippen molar-refractivity contribution in [1.29, 1.82) is 0 Å². The van der Waals surface area contributed by atoms with E-state index >= 15 is 0 Å². The number of carbonyl (C=O) groups excluding carboxylic acids is 1. The van der Waals surface area contributed by atoms with Crippen LogP contribution in [-0.4, -0.2) is 26.3 Å². The average molecular weight is 543 g/mol. The van der Waals surface area contributed by atoms with Gasteiger partial charge in [0.25, 0.3) is 0 Å². The van der Waals surface area contributed by atoms with Gasteiger partial charge in [-0.3, -0.25) is 0 Å². The van der Waals surface area contributed by atoms with Crippen molar-refractivity contribution in [1.82, 2.24) is 0 Å². The maximum Gasteiger partial charge on any atom is 0.337 e. The van der Waals surface area contributed by atoms with Gasteiger partial charge in [0.2, 0.25) is 5.75 Å². The molecule has 0 saturated carbocycles. The highest BCUT2D eigenvalue weighted by Gasteiger charge is 2.22. The Balaban J connectivity index is 1.75. The molecule has 7 nitrogen and oxygen atoms in total. The second kappa shape index (κ2) is 14.7. The van der Waals surface area contributed by atoms with Crippen molar-refractivity contribution in [2.24, 2.45) is 0 Å². The van der Waals surface area contributed by atoms with Gasteiger partial charge in [-0.2, -0.15) is 0 Å². The largest absolute Gasteiger partial charge is 0.485 e. The third-order valence-electron chi connectivity index (χ3n) is 5.92. The molecule has 0 unspecified atom stereocenters. The average Bonchev–Trinajstić information content (AvgIpc) is 3.00. The summed E-state index contributed by atoms with van der Waals surface area (Å²) >= 11 is 0. The van der Waals surface area contributed by atoms with Crippen LogP contribution in [0.3, 0.4) is 0 Å². The fourth-order valence-corrected chi connectivity index (χ4v) is 3.97. The molecule has 0 N–H and O–H groups in total. The van der Waals surface area contributed by atoms with Crippen molar-refractivity contribution in [3.8, 4) is 23.0 Å². The smallest absolute Gasteiger partial charge is 0.337 e. The second-order valence-electron chi connectivity index (χ2n) is 8.76. The van der Waals surface area contributed by atoms with E-state index in [0.29, 0.717) is 55.0 Å². The van der Waals surface area contributed by atoms with E-state index in [0.717, 1.165) is 16.7 Å². The van der Waals surface area contributed by atoms with Crippen molar-refractivity contribution in [3.05, 3.63) is 119 Å². The zero-order chi connectivity index (χ0) is 28.2. The monoisotopic (exact) mass is 542 g/mol. The van der Waals surface area contributed by atoms with E-state index in [4.69, 9.17) is 28.4 Å². The molecule has 208 valence electrons. The van der Waals surface area contributed by atoms with E-state index in [2.05, 4.69) is 0 Å². The Morgan fingerprint density at radius 1 is 0.700 bits per heavy atom. The summed E-state index contributed by atoms with van der Waals surface area (Å²) in [4.78, 5) is 11.9. The van der Waals surface area contributed by atoms with Crippen LogP contribution in [0.1, 0.15) is 47.2 Å². The molecule has 0 fully saturated rings. The summed E-state index contributed by atoms with van der Waals surface area (Å²) in [5, 5.41) is 0. The van der Waals surface area contributed by atoms with Gasteiger partial charge in [0.05, 0.1) is 12.7 Å². The van der Waals surface area contributed by atoms with Gasteiger partial charge in [-0.15, -0.1) is 0 Å². The number of esters is 1. The molecule has 0 atom stereocenters. The van der Waals surface area contributed by atoms with Crippen LogP contribution in [0.15, 0.2) is 97.1 Å². The number of hydrogen-bond acceptors (Lipinski definition) is 7. The van der Waals surface area contributed by atoms with Crippen LogP contribution >= 0.6 is 0 Å². The lowest BCUT2D eigenvalue weighted by atomic mass is 10.1. The molecule has 0 saturated heterocycles. The van der Waals surface area contributed by atoms with E-state index in [-0.39, 0.29) is 0 Å². The molecule has 0 heterocycles. The van der Waals surface area contributed by atoms with Crippen LogP contribution in [0.2, 0.25) is 0 Å². The van der Waals surface area contributed by atoms with Gasteiger partial charge in [0.1, 0.15) is 19.0 Å². The summed E-state index contributed by atoms with van der Waals surface area (Å²) in [6.45, 7) is 5.38. The molecule has 0 amide bonds. The summed E-state index contributed by atoms with van der Waals surface area (Å²) in [6, 6.07) is 30.2. The highest BCUT2D eigenvalue weighted by molar-refractivity contribution is 5.89. The lowest BCUT2D eigenvalue weighted by Crippen LogP contribution is -2.10. The van der Waals surface area contributed by atoms with Gasteiger partial charge in [0, 0.05) is 18.8 Å².